The molecule has 1 aromatic heterocycles. The van der Waals surface area contributed by atoms with Gasteiger partial charge in [-0.2, -0.15) is 18.4 Å². The molecule has 1 aromatic carbocycles. The molecule has 2 rings (SSSR count). The quantitative estimate of drug-likeness (QED) is 0.795. The van der Waals surface area contributed by atoms with Crippen LogP contribution in [0.25, 0.3) is 0 Å². The van der Waals surface area contributed by atoms with Crippen molar-refractivity contribution >= 4 is 27.4 Å². The number of nitriles is 1. The molecule has 0 spiro atoms. The molecule has 0 aliphatic rings. The van der Waals surface area contributed by atoms with Gasteiger partial charge in [0.1, 0.15) is 11.9 Å². The van der Waals surface area contributed by atoms with Crippen LogP contribution < -0.4 is 4.90 Å². The Labute approximate surface area is 127 Å². The van der Waals surface area contributed by atoms with Crippen molar-refractivity contribution < 1.29 is 13.2 Å². The molecule has 3 nitrogen and oxygen atoms in total. The molecule has 0 radical (unpaired) electrons. The first-order valence-electron chi connectivity index (χ1n) is 5.80. The fourth-order valence-electron chi connectivity index (χ4n) is 1.88. The lowest BCUT2D eigenvalue weighted by atomic mass is 10.1. The van der Waals surface area contributed by atoms with Gasteiger partial charge >= 0.3 is 6.18 Å². The highest BCUT2D eigenvalue weighted by atomic mass is 79.9. The van der Waals surface area contributed by atoms with Crippen molar-refractivity contribution in [1.82, 2.24) is 4.98 Å². The Hall–Kier alpha value is -2.07. The summed E-state index contributed by atoms with van der Waals surface area (Å²) in [4.78, 5) is 5.10. The van der Waals surface area contributed by atoms with Gasteiger partial charge in [0.25, 0.3) is 0 Å². The van der Waals surface area contributed by atoms with Crippen LogP contribution >= 0.6 is 15.9 Å². The lowest BCUT2D eigenvalue weighted by molar-refractivity contribution is -0.137. The highest BCUT2D eigenvalue weighted by Crippen LogP contribution is 2.39. The SMILES string of the molecule is CN(c1ccccc1C#N)c1ncc(Br)cc1C(F)(F)F. The first-order valence-corrected chi connectivity index (χ1v) is 6.59. The average Bonchev–Trinajstić information content (AvgIpc) is 2.45. The Balaban J connectivity index is 2.59. The monoisotopic (exact) mass is 355 g/mol. The summed E-state index contributed by atoms with van der Waals surface area (Å²) >= 11 is 2.99. The summed E-state index contributed by atoms with van der Waals surface area (Å²) in [6.45, 7) is 0. The van der Waals surface area contributed by atoms with Crippen LogP contribution in [-0.2, 0) is 6.18 Å². The molecular formula is C14H9BrF3N3. The highest BCUT2D eigenvalue weighted by molar-refractivity contribution is 9.10. The lowest BCUT2D eigenvalue weighted by Gasteiger charge is -2.23. The first-order chi connectivity index (χ1) is 9.84. The Morgan fingerprint density at radius 1 is 1.29 bits per heavy atom. The molecule has 0 atom stereocenters. The molecule has 0 saturated heterocycles. The molecule has 1 heterocycles. The predicted octanol–water partition coefficient (Wildman–Crippen LogP) is 4.50. The third kappa shape index (κ3) is 3.16. The van der Waals surface area contributed by atoms with E-state index in [1.807, 2.05) is 6.07 Å². The smallest absolute Gasteiger partial charge is 0.328 e. The number of rotatable bonds is 2. The molecule has 0 N–H and O–H groups in total. The van der Waals surface area contributed by atoms with E-state index in [4.69, 9.17) is 5.26 Å². The van der Waals surface area contributed by atoms with Gasteiger partial charge in [-0.1, -0.05) is 12.1 Å². The Morgan fingerprint density at radius 2 is 1.95 bits per heavy atom. The Kier molecular flexibility index (Phi) is 4.19. The summed E-state index contributed by atoms with van der Waals surface area (Å²) in [6.07, 6.45) is -3.25. The number of para-hydroxylation sites is 1. The summed E-state index contributed by atoms with van der Waals surface area (Å²) in [5.41, 5.74) is -0.231. The number of alkyl halides is 3. The van der Waals surface area contributed by atoms with Crippen LogP contribution in [0.3, 0.4) is 0 Å². The molecule has 7 heteroatoms. The third-order valence-corrected chi connectivity index (χ3v) is 3.28. The van der Waals surface area contributed by atoms with Crippen LogP contribution in [-0.4, -0.2) is 12.0 Å². The zero-order valence-corrected chi connectivity index (χ0v) is 12.4. The fraction of sp³-hybridized carbons (Fsp3) is 0.143. The van der Waals surface area contributed by atoms with Gasteiger partial charge in [0, 0.05) is 17.7 Å². The van der Waals surface area contributed by atoms with Gasteiger partial charge in [-0.05, 0) is 34.1 Å². The van der Waals surface area contributed by atoms with Gasteiger partial charge in [0.15, 0.2) is 0 Å². The highest BCUT2D eigenvalue weighted by Gasteiger charge is 2.36. The summed E-state index contributed by atoms with van der Waals surface area (Å²) in [5, 5.41) is 9.06. The molecule has 0 fully saturated rings. The molecule has 0 aliphatic heterocycles. The summed E-state index contributed by atoms with van der Waals surface area (Å²) < 4.78 is 39.6. The van der Waals surface area contributed by atoms with Gasteiger partial charge < -0.3 is 4.90 Å². The van der Waals surface area contributed by atoms with Crippen molar-refractivity contribution in [3.8, 4) is 6.07 Å². The molecule has 0 amide bonds. The number of hydrogen-bond acceptors (Lipinski definition) is 3. The number of halogens is 4. The summed E-state index contributed by atoms with van der Waals surface area (Å²) in [7, 11) is 1.45. The van der Waals surface area contributed by atoms with E-state index < -0.39 is 11.7 Å². The second-order valence-corrected chi connectivity index (χ2v) is 5.13. The topological polar surface area (TPSA) is 39.9 Å². The fourth-order valence-corrected chi connectivity index (χ4v) is 2.21. The van der Waals surface area contributed by atoms with Crippen molar-refractivity contribution in [2.24, 2.45) is 0 Å². The minimum atomic E-state index is -4.54. The molecule has 0 saturated carbocycles. The summed E-state index contributed by atoms with van der Waals surface area (Å²) in [5.74, 6) is -0.256. The van der Waals surface area contributed by atoms with Crippen molar-refractivity contribution in [1.29, 1.82) is 5.26 Å². The number of anilines is 2. The predicted molar refractivity (Wildman–Crippen MR) is 76.2 cm³/mol. The molecule has 0 aliphatic carbocycles. The minimum Gasteiger partial charge on any atom is -0.328 e. The molecule has 0 unspecified atom stereocenters. The standard InChI is InChI=1S/C14H9BrF3N3/c1-21(12-5-3-2-4-9(12)7-19)13-11(14(16,17)18)6-10(15)8-20-13/h2-6,8H,1H3. The molecule has 2 aromatic rings. The maximum absolute atomic E-state index is 13.1. The number of hydrogen-bond donors (Lipinski definition) is 0. The number of aromatic nitrogens is 1. The van der Waals surface area contributed by atoms with E-state index in [1.165, 1.54) is 24.2 Å². The van der Waals surface area contributed by atoms with E-state index in [0.29, 0.717) is 5.69 Å². The maximum atomic E-state index is 13.1. The molecule has 21 heavy (non-hydrogen) atoms. The summed E-state index contributed by atoms with van der Waals surface area (Å²) in [6, 6.07) is 9.33. The first kappa shape index (κ1) is 15.3. The molecule has 108 valence electrons. The zero-order chi connectivity index (χ0) is 15.6. The van der Waals surface area contributed by atoms with E-state index in [-0.39, 0.29) is 15.9 Å². The largest absolute Gasteiger partial charge is 0.420 e. The van der Waals surface area contributed by atoms with Crippen molar-refractivity contribution in [3.05, 3.63) is 52.1 Å². The van der Waals surface area contributed by atoms with Gasteiger partial charge in [0.2, 0.25) is 0 Å². The van der Waals surface area contributed by atoms with Crippen LogP contribution in [0, 0.1) is 11.3 Å². The Bertz CT molecular complexity index is 707. The van der Waals surface area contributed by atoms with E-state index in [1.54, 1.807) is 18.2 Å². The van der Waals surface area contributed by atoms with E-state index in [9.17, 15) is 13.2 Å². The molecule has 0 bridgehead atoms. The molecular weight excluding hydrogens is 347 g/mol. The van der Waals surface area contributed by atoms with Crippen LogP contribution in [0.15, 0.2) is 41.0 Å². The third-order valence-electron chi connectivity index (χ3n) is 2.84. The normalized spacial score (nSPS) is 11.0. The van der Waals surface area contributed by atoms with Crippen LogP contribution in [0.5, 0.6) is 0 Å². The van der Waals surface area contributed by atoms with Gasteiger partial charge in [-0.3, -0.25) is 0 Å². The number of benzene rings is 1. The van der Waals surface area contributed by atoms with Gasteiger partial charge in [0.05, 0.1) is 16.8 Å². The maximum Gasteiger partial charge on any atom is 0.420 e. The van der Waals surface area contributed by atoms with E-state index >= 15 is 0 Å². The van der Waals surface area contributed by atoms with Crippen molar-refractivity contribution in [3.63, 3.8) is 0 Å². The van der Waals surface area contributed by atoms with Crippen molar-refractivity contribution in [2.75, 3.05) is 11.9 Å². The zero-order valence-electron chi connectivity index (χ0n) is 10.8. The second kappa shape index (κ2) is 5.74. The van der Waals surface area contributed by atoms with Crippen LogP contribution in [0.4, 0.5) is 24.7 Å². The van der Waals surface area contributed by atoms with E-state index in [2.05, 4.69) is 20.9 Å². The minimum absolute atomic E-state index is 0.237. The average molecular weight is 356 g/mol. The number of pyridine rings is 1. The van der Waals surface area contributed by atoms with E-state index in [0.717, 1.165) is 6.07 Å². The Morgan fingerprint density at radius 3 is 2.57 bits per heavy atom. The van der Waals surface area contributed by atoms with Gasteiger partial charge in [-0.25, -0.2) is 4.98 Å². The van der Waals surface area contributed by atoms with Crippen LogP contribution in [0.1, 0.15) is 11.1 Å². The lowest BCUT2D eigenvalue weighted by Crippen LogP contribution is -2.19. The van der Waals surface area contributed by atoms with Crippen LogP contribution in [0.2, 0.25) is 0 Å². The van der Waals surface area contributed by atoms with Gasteiger partial charge in [-0.15, -0.1) is 0 Å². The second-order valence-electron chi connectivity index (χ2n) is 4.21. The number of nitrogens with zero attached hydrogens (tertiary/aromatic N) is 3. The van der Waals surface area contributed by atoms with Crippen molar-refractivity contribution in [2.45, 2.75) is 6.18 Å².